The van der Waals surface area contributed by atoms with E-state index in [1.165, 1.54) is 0 Å². The van der Waals surface area contributed by atoms with E-state index >= 15 is 0 Å². The molecular weight excluding hydrogens is 220 g/mol. The van der Waals surface area contributed by atoms with Crippen LogP contribution in [0.2, 0.25) is 0 Å². The van der Waals surface area contributed by atoms with E-state index in [4.69, 9.17) is 9.47 Å². The minimum atomic E-state index is -0.153. The van der Waals surface area contributed by atoms with Crippen molar-refractivity contribution in [3.8, 4) is 11.5 Å². The third kappa shape index (κ3) is 2.50. The van der Waals surface area contributed by atoms with Gasteiger partial charge in [0.2, 0.25) is 0 Å². The fraction of sp³-hybridized carbons (Fsp3) is 0.417. The summed E-state index contributed by atoms with van der Waals surface area (Å²) in [6.07, 6.45) is 0. The van der Waals surface area contributed by atoms with Crippen LogP contribution in [-0.2, 0) is 4.79 Å². The van der Waals surface area contributed by atoms with Crippen LogP contribution in [0.5, 0.6) is 11.5 Å². The van der Waals surface area contributed by atoms with E-state index in [0.29, 0.717) is 12.4 Å². The molecule has 1 aliphatic rings. The van der Waals surface area contributed by atoms with Crippen LogP contribution < -0.4 is 20.1 Å². The van der Waals surface area contributed by atoms with Gasteiger partial charge in [0.1, 0.15) is 18.1 Å². The molecule has 1 aromatic carbocycles. The fourth-order valence-corrected chi connectivity index (χ4v) is 1.74. The van der Waals surface area contributed by atoms with E-state index in [1.54, 1.807) is 7.05 Å². The summed E-state index contributed by atoms with van der Waals surface area (Å²) in [7, 11) is 3.48. The molecule has 5 heteroatoms. The first kappa shape index (κ1) is 11.7. The number of hydrogen-bond donors (Lipinski definition) is 2. The fourth-order valence-electron chi connectivity index (χ4n) is 1.74. The lowest BCUT2D eigenvalue weighted by molar-refractivity contribution is -0.122. The van der Waals surface area contributed by atoms with Gasteiger partial charge < -0.3 is 20.1 Å². The Labute approximate surface area is 100 Å². The lowest BCUT2D eigenvalue weighted by atomic mass is 10.1. The van der Waals surface area contributed by atoms with E-state index in [-0.39, 0.29) is 18.6 Å². The summed E-state index contributed by atoms with van der Waals surface area (Å²) in [6, 6.07) is 5.86. The maximum Gasteiger partial charge on any atom is 0.257 e. The Hall–Kier alpha value is -1.75. The van der Waals surface area contributed by atoms with Crippen molar-refractivity contribution in [1.29, 1.82) is 0 Å². The van der Waals surface area contributed by atoms with Gasteiger partial charge in [-0.25, -0.2) is 0 Å². The number of fused-ring (bicyclic) bond motifs is 1. The van der Waals surface area contributed by atoms with E-state index in [0.717, 1.165) is 11.3 Å². The molecule has 5 nitrogen and oxygen atoms in total. The number of hydrogen-bond acceptors (Lipinski definition) is 4. The molecular formula is C12H16N2O3. The highest BCUT2D eigenvalue weighted by Gasteiger charge is 2.22. The molecule has 0 saturated heterocycles. The number of carbonyl (C=O) groups is 1. The molecule has 1 amide bonds. The molecule has 2 N–H and O–H groups in total. The van der Waals surface area contributed by atoms with E-state index < -0.39 is 0 Å². The SMILES string of the molecule is CNC(=O)COc1ccc2c(c1)OCC2NC. The Kier molecular flexibility index (Phi) is 3.49. The van der Waals surface area contributed by atoms with Crippen LogP contribution in [0.15, 0.2) is 18.2 Å². The predicted octanol–water partition coefficient (Wildman–Crippen LogP) is 0.464. The molecule has 0 aromatic heterocycles. The first-order valence-corrected chi connectivity index (χ1v) is 5.52. The molecule has 17 heavy (non-hydrogen) atoms. The Morgan fingerprint density at radius 2 is 2.35 bits per heavy atom. The van der Waals surface area contributed by atoms with E-state index in [9.17, 15) is 4.79 Å². The topological polar surface area (TPSA) is 59.6 Å². The summed E-state index contributed by atoms with van der Waals surface area (Å²) < 4.78 is 10.9. The highest BCUT2D eigenvalue weighted by atomic mass is 16.5. The standard InChI is InChI=1S/C12H16N2O3/c1-13-10-6-17-11-5-8(3-4-9(10)11)16-7-12(15)14-2/h3-5,10,13H,6-7H2,1-2H3,(H,14,15). The lowest BCUT2D eigenvalue weighted by Crippen LogP contribution is -2.24. The summed E-state index contributed by atoms with van der Waals surface area (Å²) in [6.45, 7) is 0.648. The maximum atomic E-state index is 11.0. The number of rotatable bonds is 4. The van der Waals surface area contributed by atoms with Crippen molar-refractivity contribution in [1.82, 2.24) is 10.6 Å². The number of benzene rings is 1. The lowest BCUT2D eigenvalue weighted by Gasteiger charge is -2.08. The zero-order valence-electron chi connectivity index (χ0n) is 9.95. The van der Waals surface area contributed by atoms with Gasteiger partial charge in [0.15, 0.2) is 6.61 Å². The molecule has 0 fully saturated rings. The number of likely N-dealkylation sites (N-methyl/N-ethyl adjacent to an activating group) is 2. The van der Waals surface area contributed by atoms with Crippen LogP contribution in [-0.4, -0.2) is 33.2 Å². The van der Waals surface area contributed by atoms with Crippen LogP contribution in [0, 0.1) is 0 Å². The van der Waals surface area contributed by atoms with Gasteiger partial charge in [-0.15, -0.1) is 0 Å². The molecule has 92 valence electrons. The number of nitrogens with one attached hydrogen (secondary N) is 2. The zero-order valence-corrected chi connectivity index (χ0v) is 9.95. The summed E-state index contributed by atoms with van der Waals surface area (Å²) in [5.41, 5.74) is 1.12. The smallest absolute Gasteiger partial charge is 0.257 e. The summed E-state index contributed by atoms with van der Waals surface area (Å²) in [5, 5.41) is 5.67. The number of ether oxygens (including phenoxy) is 2. The highest BCUT2D eigenvalue weighted by Crippen LogP contribution is 2.34. The molecule has 1 atom stereocenters. The molecule has 1 unspecified atom stereocenters. The van der Waals surface area contributed by atoms with Crippen molar-refractivity contribution in [2.45, 2.75) is 6.04 Å². The quantitative estimate of drug-likeness (QED) is 0.797. The van der Waals surface area contributed by atoms with E-state index in [1.807, 2.05) is 25.2 Å². The van der Waals surface area contributed by atoms with Crippen molar-refractivity contribution < 1.29 is 14.3 Å². The van der Waals surface area contributed by atoms with Gasteiger partial charge >= 0.3 is 0 Å². The second-order valence-electron chi connectivity index (χ2n) is 3.81. The summed E-state index contributed by atoms with van der Waals surface area (Å²) in [5.74, 6) is 1.31. The van der Waals surface area contributed by atoms with Gasteiger partial charge in [-0.3, -0.25) is 4.79 Å². The van der Waals surface area contributed by atoms with Gasteiger partial charge in [-0.2, -0.15) is 0 Å². The average Bonchev–Trinajstić information content (AvgIpc) is 2.78. The molecule has 1 heterocycles. The third-order valence-corrected chi connectivity index (χ3v) is 2.76. The van der Waals surface area contributed by atoms with Gasteiger partial charge in [-0.05, 0) is 19.2 Å². The number of amides is 1. The second kappa shape index (κ2) is 5.05. The highest BCUT2D eigenvalue weighted by molar-refractivity contribution is 5.77. The third-order valence-electron chi connectivity index (χ3n) is 2.76. The van der Waals surface area contributed by atoms with Crippen LogP contribution in [0.1, 0.15) is 11.6 Å². The first-order chi connectivity index (χ1) is 8.24. The first-order valence-electron chi connectivity index (χ1n) is 5.52. The van der Waals surface area contributed by atoms with Crippen molar-refractivity contribution in [2.75, 3.05) is 27.3 Å². The Balaban J connectivity index is 2.05. The van der Waals surface area contributed by atoms with Crippen LogP contribution >= 0.6 is 0 Å². The zero-order chi connectivity index (χ0) is 12.3. The maximum absolute atomic E-state index is 11.0. The van der Waals surface area contributed by atoms with Crippen molar-refractivity contribution in [3.05, 3.63) is 23.8 Å². The Morgan fingerprint density at radius 3 is 3.06 bits per heavy atom. The van der Waals surface area contributed by atoms with E-state index in [2.05, 4.69) is 10.6 Å². The molecule has 1 aliphatic heterocycles. The minimum Gasteiger partial charge on any atom is -0.491 e. The Bertz CT molecular complexity index is 420. The van der Waals surface area contributed by atoms with Crippen molar-refractivity contribution in [2.24, 2.45) is 0 Å². The normalized spacial score (nSPS) is 17.2. The molecule has 0 spiro atoms. The van der Waals surface area contributed by atoms with Gasteiger partial charge in [0, 0.05) is 18.7 Å². The molecule has 2 rings (SSSR count). The molecule has 1 aromatic rings. The van der Waals surface area contributed by atoms with Crippen LogP contribution in [0.25, 0.3) is 0 Å². The molecule has 0 radical (unpaired) electrons. The molecule has 0 saturated carbocycles. The van der Waals surface area contributed by atoms with Crippen molar-refractivity contribution >= 4 is 5.91 Å². The summed E-state index contributed by atoms with van der Waals surface area (Å²) >= 11 is 0. The van der Waals surface area contributed by atoms with Gasteiger partial charge in [0.25, 0.3) is 5.91 Å². The second-order valence-corrected chi connectivity index (χ2v) is 3.81. The summed E-state index contributed by atoms with van der Waals surface area (Å²) in [4.78, 5) is 11.0. The molecule has 0 aliphatic carbocycles. The Morgan fingerprint density at radius 1 is 1.53 bits per heavy atom. The van der Waals surface area contributed by atoms with Crippen molar-refractivity contribution in [3.63, 3.8) is 0 Å². The monoisotopic (exact) mass is 236 g/mol. The average molecular weight is 236 g/mol. The minimum absolute atomic E-state index is 0.0186. The van der Waals surface area contributed by atoms with Gasteiger partial charge in [0.05, 0.1) is 6.04 Å². The largest absolute Gasteiger partial charge is 0.491 e. The predicted molar refractivity (Wildman–Crippen MR) is 63.3 cm³/mol. The molecule has 0 bridgehead atoms. The van der Waals surface area contributed by atoms with Gasteiger partial charge in [-0.1, -0.05) is 0 Å². The van der Waals surface area contributed by atoms with Crippen LogP contribution in [0.3, 0.4) is 0 Å². The van der Waals surface area contributed by atoms with Crippen LogP contribution in [0.4, 0.5) is 0 Å². The number of carbonyl (C=O) groups excluding carboxylic acids is 1.